The second-order valence-electron chi connectivity index (χ2n) is 6.69. The molecule has 1 amide bonds. The van der Waals surface area contributed by atoms with Crippen molar-refractivity contribution in [1.29, 1.82) is 0 Å². The molecule has 1 saturated heterocycles. The Labute approximate surface area is 172 Å². The number of ether oxygens (including phenoxy) is 1. The van der Waals surface area contributed by atoms with E-state index in [0.717, 1.165) is 49.5 Å². The summed E-state index contributed by atoms with van der Waals surface area (Å²) in [7, 11) is 1.77. The minimum absolute atomic E-state index is 0.0999. The number of fused-ring (bicyclic) bond motifs is 1. The van der Waals surface area contributed by atoms with Crippen LogP contribution in [-0.4, -0.2) is 65.0 Å². The van der Waals surface area contributed by atoms with Gasteiger partial charge in [0, 0.05) is 39.4 Å². The van der Waals surface area contributed by atoms with Crippen LogP contribution in [0.3, 0.4) is 0 Å². The fourth-order valence-corrected chi connectivity index (χ4v) is 4.59. The standard InChI is InChI=1S/C19H22ClN5O2S/c1-23-15(6-7-21-23)18(26)25(9-3-8-24-10-12-27-13-11-24)19-22-17-14(20)4-2-5-16(17)28-19/h2,4-7H,3,8-13H2,1H3. The van der Waals surface area contributed by atoms with Crippen LogP contribution in [0.15, 0.2) is 30.5 Å². The molecule has 0 unspecified atom stereocenters. The van der Waals surface area contributed by atoms with Crippen LogP contribution in [0, 0.1) is 0 Å². The Morgan fingerprint density at radius 2 is 2.14 bits per heavy atom. The molecule has 0 radical (unpaired) electrons. The van der Waals surface area contributed by atoms with Gasteiger partial charge in [0.05, 0.1) is 22.9 Å². The van der Waals surface area contributed by atoms with E-state index in [0.29, 0.717) is 22.4 Å². The zero-order valence-electron chi connectivity index (χ0n) is 15.7. The summed E-state index contributed by atoms with van der Waals surface area (Å²) in [6.07, 6.45) is 2.49. The second-order valence-corrected chi connectivity index (χ2v) is 8.10. The quantitative estimate of drug-likeness (QED) is 0.614. The molecule has 0 saturated carbocycles. The zero-order valence-corrected chi connectivity index (χ0v) is 17.2. The third kappa shape index (κ3) is 4.05. The van der Waals surface area contributed by atoms with E-state index in [1.807, 2.05) is 18.2 Å². The molecule has 9 heteroatoms. The molecule has 3 aromatic rings. The van der Waals surface area contributed by atoms with Gasteiger partial charge in [-0.2, -0.15) is 5.10 Å². The molecule has 1 aromatic carbocycles. The maximum atomic E-state index is 13.2. The summed E-state index contributed by atoms with van der Waals surface area (Å²) >= 11 is 7.78. The maximum Gasteiger partial charge on any atom is 0.278 e. The van der Waals surface area contributed by atoms with E-state index >= 15 is 0 Å². The molecule has 0 N–H and O–H groups in total. The predicted molar refractivity (Wildman–Crippen MR) is 111 cm³/mol. The fraction of sp³-hybridized carbons (Fsp3) is 0.421. The van der Waals surface area contributed by atoms with E-state index in [9.17, 15) is 4.79 Å². The van der Waals surface area contributed by atoms with Crippen LogP contribution in [0.2, 0.25) is 5.02 Å². The van der Waals surface area contributed by atoms with Crippen LogP contribution < -0.4 is 4.90 Å². The number of aromatic nitrogens is 3. The monoisotopic (exact) mass is 419 g/mol. The van der Waals surface area contributed by atoms with E-state index in [1.165, 1.54) is 11.3 Å². The highest BCUT2D eigenvalue weighted by atomic mass is 35.5. The Morgan fingerprint density at radius 1 is 1.32 bits per heavy atom. The van der Waals surface area contributed by atoms with Gasteiger partial charge in [0.15, 0.2) is 5.13 Å². The number of para-hydroxylation sites is 1. The van der Waals surface area contributed by atoms with Gasteiger partial charge >= 0.3 is 0 Å². The summed E-state index contributed by atoms with van der Waals surface area (Å²) < 4.78 is 7.97. The third-order valence-electron chi connectivity index (χ3n) is 4.83. The molecule has 0 aliphatic carbocycles. The first-order valence-corrected chi connectivity index (χ1v) is 10.5. The zero-order chi connectivity index (χ0) is 19.5. The van der Waals surface area contributed by atoms with Crippen LogP contribution in [0.5, 0.6) is 0 Å². The maximum absolute atomic E-state index is 13.2. The molecule has 1 aliphatic rings. The van der Waals surface area contributed by atoms with Crippen LogP contribution in [-0.2, 0) is 11.8 Å². The molecule has 7 nitrogen and oxygen atoms in total. The van der Waals surface area contributed by atoms with Crippen LogP contribution in [0.1, 0.15) is 16.9 Å². The third-order valence-corrected chi connectivity index (χ3v) is 6.18. The summed E-state index contributed by atoms with van der Waals surface area (Å²) in [6, 6.07) is 7.43. The van der Waals surface area contributed by atoms with Gasteiger partial charge in [0.1, 0.15) is 11.2 Å². The smallest absolute Gasteiger partial charge is 0.278 e. The Balaban J connectivity index is 1.57. The summed E-state index contributed by atoms with van der Waals surface area (Å²) in [5.41, 5.74) is 1.27. The van der Waals surface area contributed by atoms with Gasteiger partial charge in [-0.15, -0.1) is 0 Å². The minimum atomic E-state index is -0.0999. The van der Waals surface area contributed by atoms with E-state index in [4.69, 9.17) is 16.3 Å². The number of aryl methyl sites for hydroxylation is 1. The molecule has 4 rings (SSSR count). The average molecular weight is 420 g/mol. The Morgan fingerprint density at radius 3 is 2.86 bits per heavy atom. The van der Waals surface area contributed by atoms with Crippen molar-refractivity contribution in [3.63, 3.8) is 0 Å². The van der Waals surface area contributed by atoms with Crippen molar-refractivity contribution in [1.82, 2.24) is 19.7 Å². The Bertz CT molecular complexity index is 966. The number of morpholine rings is 1. The summed E-state index contributed by atoms with van der Waals surface area (Å²) in [5, 5.41) is 5.39. The molecule has 28 heavy (non-hydrogen) atoms. The summed E-state index contributed by atoms with van der Waals surface area (Å²) in [4.78, 5) is 22.0. The number of amides is 1. The first kappa shape index (κ1) is 19.3. The van der Waals surface area contributed by atoms with Gasteiger partial charge in [-0.05, 0) is 24.6 Å². The molecule has 0 spiro atoms. The first-order valence-electron chi connectivity index (χ1n) is 9.28. The number of rotatable bonds is 6. The highest BCUT2D eigenvalue weighted by Crippen LogP contribution is 2.33. The van der Waals surface area contributed by atoms with Crippen molar-refractivity contribution in [2.75, 3.05) is 44.3 Å². The molecular weight excluding hydrogens is 398 g/mol. The highest BCUT2D eigenvalue weighted by molar-refractivity contribution is 7.22. The molecule has 1 fully saturated rings. The van der Waals surface area contributed by atoms with E-state index in [1.54, 1.807) is 28.9 Å². The fourth-order valence-electron chi connectivity index (χ4n) is 3.30. The number of thiazole rings is 1. The van der Waals surface area contributed by atoms with E-state index in [-0.39, 0.29) is 5.91 Å². The lowest BCUT2D eigenvalue weighted by atomic mass is 10.3. The van der Waals surface area contributed by atoms with Gasteiger partial charge in [-0.25, -0.2) is 4.98 Å². The largest absolute Gasteiger partial charge is 0.379 e. The number of halogens is 1. The predicted octanol–water partition coefficient (Wildman–Crippen LogP) is 3.05. The Hall–Kier alpha value is -2.00. The lowest BCUT2D eigenvalue weighted by Crippen LogP contribution is -2.39. The number of carbonyl (C=O) groups is 1. The first-order chi connectivity index (χ1) is 13.6. The highest BCUT2D eigenvalue weighted by Gasteiger charge is 2.24. The van der Waals surface area contributed by atoms with E-state index < -0.39 is 0 Å². The molecule has 2 aromatic heterocycles. The minimum Gasteiger partial charge on any atom is -0.379 e. The van der Waals surface area contributed by atoms with Crippen LogP contribution >= 0.6 is 22.9 Å². The number of nitrogens with zero attached hydrogens (tertiary/aromatic N) is 5. The van der Waals surface area contributed by atoms with Crippen molar-refractivity contribution in [2.45, 2.75) is 6.42 Å². The molecule has 148 valence electrons. The average Bonchev–Trinajstić information content (AvgIpc) is 3.32. The van der Waals surface area contributed by atoms with Crippen LogP contribution in [0.4, 0.5) is 5.13 Å². The van der Waals surface area contributed by atoms with Crippen LogP contribution in [0.25, 0.3) is 10.2 Å². The van der Waals surface area contributed by atoms with Gasteiger partial charge < -0.3 is 4.74 Å². The van der Waals surface area contributed by atoms with Crippen molar-refractivity contribution in [3.05, 3.63) is 41.2 Å². The van der Waals surface area contributed by atoms with E-state index in [2.05, 4.69) is 15.0 Å². The summed E-state index contributed by atoms with van der Waals surface area (Å²) in [5.74, 6) is -0.0999. The number of hydrogen-bond donors (Lipinski definition) is 0. The topological polar surface area (TPSA) is 63.5 Å². The lowest BCUT2D eigenvalue weighted by Gasteiger charge is -2.27. The molecular formula is C19H22ClN5O2S. The SMILES string of the molecule is Cn1nccc1C(=O)N(CCCN1CCOCC1)c1nc2c(Cl)cccc2s1. The van der Waals surface area contributed by atoms with Crippen molar-refractivity contribution >= 4 is 44.2 Å². The molecule has 0 atom stereocenters. The normalized spacial score (nSPS) is 15.2. The summed E-state index contributed by atoms with van der Waals surface area (Å²) in [6.45, 7) is 4.92. The lowest BCUT2D eigenvalue weighted by molar-refractivity contribution is 0.0376. The number of anilines is 1. The van der Waals surface area contributed by atoms with Gasteiger partial charge in [0.25, 0.3) is 5.91 Å². The molecule has 0 bridgehead atoms. The van der Waals surface area contributed by atoms with Gasteiger partial charge in [0.2, 0.25) is 0 Å². The van der Waals surface area contributed by atoms with Crippen molar-refractivity contribution in [3.8, 4) is 0 Å². The van der Waals surface area contributed by atoms with Gasteiger partial charge in [-0.1, -0.05) is 29.0 Å². The Kier molecular flexibility index (Phi) is 5.91. The molecule has 1 aliphatic heterocycles. The number of hydrogen-bond acceptors (Lipinski definition) is 6. The van der Waals surface area contributed by atoms with Gasteiger partial charge in [-0.3, -0.25) is 19.3 Å². The second kappa shape index (κ2) is 8.57. The number of carbonyl (C=O) groups excluding carboxylic acids is 1. The van der Waals surface area contributed by atoms with Crippen molar-refractivity contribution in [2.24, 2.45) is 7.05 Å². The number of benzene rings is 1. The molecule has 3 heterocycles. The van der Waals surface area contributed by atoms with Crippen molar-refractivity contribution < 1.29 is 9.53 Å².